The molecule has 1 amide bonds. The third kappa shape index (κ3) is 4.22. The molecule has 3 fully saturated rings. The Bertz CT molecular complexity index is 936. The Kier molecular flexibility index (Phi) is 6.34. The first-order chi connectivity index (χ1) is 15.7. The van der Waals surface area contributed by atoms with E-state index in [1.165, 1.54) is 6.08 Å². The summed E-state index contributed by atoms with van der Waals surface area (Å²) in [7, 11) is 0. The van der Waals surface area contributed by atoms with Gasteiger partial charge in [-0.2, -0.15) is 0 Å². The summed E-state index contributed by atoms with van der Waals surface area (Å²) >= 11 is 0. The number of hydrogen-bond donors (Lipinski definition) is 0. The van der Waals surface area contributed by atoms with Crippen LogP contribution in [0.3, 0.4) is 0 Å². The van der Waals surface area contributed by atoms with Gasteiger partial charge in [-0.15, -0.1) is 0 Å². The van der Waals surface area contributed by atoms with Crippen LogP contribution in [0.5, 0.6) is 0 Å². The van der Waals surface area contributed by atoms with Crippen molar-refractivity contribution in [2.75, 3.05) is 13.3 Å². The summed E-state index contributed by atoms with van der Waals surface area (Å²) in [4.78, 5) is 14.4. The van der Waals surface area contributed by atoms with Gasteiger partial charge in [-0.05, 0) is 18.6 Å². The lowest BCUT2D eigenvalue weighted by Gasteiger charge is -2.47. The Morgan fingerprint density at radius 2 is 1.78 bits per heavy atom. The molecule has 0 unspecified atom stereocenters. The normalized spacial score (nSPS) is 32.0. The van der Waals surface area contributed by atoms with E-state index in [2.05, 4.69) is 0 Å². The molecule has 0 radical (unpaired) electrons. The number of benzene rings is 2. The standard InChI is InChI=1S/C25H27NO6/c1-2-9-20(27)26-16-30-23-21(26)25(28-14-17-10-5-3-6-11-17)31-19-15-29-24(32-22(19)23)18-12-7-4-8-13-18/h2-13,19,21-25H,14-16H2,1H3/b9-2+/t19-,21-,22-,23+,24-,25-/m1/s1. The van der Waals surface area contributed by atoms with Crippen LogP contribution in [-0.2, 0) is 35.1 Å². The molecule has 0 aromatic heterocycles. The molecule has 7 nitrogen and oxygen atoms in total. The van der Waals surface area contributed by atoms with Gasteiger partial charge in [0.05, 0.1) is 13.2 Å². The Morgan fingerprint density at radius 1 is 1.03 bits per heavy atom. The number of hydrogen-bond acceptors (Lipinski definition) is 6. The summed E-state index contributed by atoms with van der Waals surface area (Å²) in [5.74, 6) is -0.137. The van der Waals surface area contributed by atoms with E-state index < -0.39 is 18.6 Å². The van der Waals surface area contributed by atoms with Crippen LogP contribution in [0.2, 0.25) is 0 Å². The second kappa shape index (κ2) is 9.52. The van der Waals surface area contributed by atoms with Crippen molar-refractivity contribution >= 4 is 5.91 Å². The number of allylic oxidation sites excluding steroid dienone is 1. The molecule has 0 spiro atoms. The van der Waals surface area contributed by atoms with Crippen LogP contribution in [0.25, 0.3) is 0 Å². The van der Waals surface area contributed by atoms with Gasteiger partial charge in [-0.25, -0.2) is 0 Å². The molecule has 0 saturated carbocycles. The number of nitrogens with zero attached hydrogens (tertiary/aromatic N) is 1. The van der Waals surface area contributed by atoms with Crippen LogP contribution in [0, 0.1) is 0 Å². The second-order valence-corrected chi connectivity index (χ2v) is 8.08. The molecule has 32 heavy (non-hydrogen) atoms. The maximum Gasteiger partial charge on any atom is 0.248 e. The highest BCUT2D eigenvalue weighted by atomic mass is 16.8. The Balaban J connectivity index is 1.37. The molecule has 5 rings (SSSR count). The fourth-order valence-electron chi connectivity index (χ4n) is 4.45. The summed E-state index contributed by atoms with van der Waals surface area (Å²) in [6.07, 6.45) is 0.986. The maximum atomic E-state index is 12.7. The number of carbonyl (C=O) groups excluding carboxylic acids is 1. The highest BCUT2D eigenvalue weighted by molar-refractivity contribution is 5.88. The van der Waals surface area contributed by atoms with Crippen molar-refractivity contribution in [2.45, 2.75) is 50.5 Å². The van der Waals surface area contributed by atoms with Gasteiger partial charge >= 0.3 is 0 Å². The first-order valence-corrected chi connectivity index (χ1v) is 10.9. The molecule has 0 bridgehead atoms. The quantitative estimate of drug-likeness (QED) is 0.670. The minimum Gasteiger partial charge on any atom is -0.353 e. The number of amides is 1. The summed E-state index contributed by atoms with van der Waals surface area (Å²) in [5.41, 5.74) is 1.96. The topological polar surface area (TPSA) is 66.5 Å². The molecule has 7 heteroatoms. The molecule has 0 N–H and O–H groups in total. The van der Waals surface area contributed by atoms with E-state index in [-0.39, 0.29) is 30.9 Å². The Morgan fingerprint density at radius 3 is 2.53 bits per heavy atom. The molecular formula is C25H27NO6. The van der Waals surface area contributed by atoms with E-state index in [1.54, 1.807) is 11.0 Å². The lowest BCUT2D eigenvalue weighted by atomic mass is 9.95. The van der Waals surface area contributed by atoms with Crippen molar-refractivity contribution in [3.8, 4) is 0 Å². The minimum absolute atomic E-state index is 0.137. The molecule has 3 aliphatic heterocycles. The SMILES string of the molecule is C/C=C/C(=O)N1CO[C@@H]2[C@@H]3O[C@H](c4ccccc4)OC[C@H]3O[C@@H](OCc3ccccc3)[C@@H]21. The van der Waals surface area contributed by atoms with Crippen molar-refractivity contribution in [1.29, 1.82) is 0 Å². The fourth-order valence-corrected chi connectivity index (χ4v) is 4.45. The summed E-state index contributed by atoms with van der Waals surface area (Å²) < 4.78 is 30.8. The number of ether oxygens (including phenoxy) is 5. The van der Waals surface area contributed by atoms with Crippen LogP contribution in [0.15, 0.2) is 72.8 Å². The molecule has 3 heterocycles. The minimum atomic E-state index is -0.654. The fraction of sp³-hybridized carbons (Fsp3) is 0.400. The molecular weight excluding hydrogens is 410 g/mol. The summed E-state index contributed by atoms with van der Waals surface area (Å²) in [6, 6.07) is 19.2. The van der Waals surface area contributed by atoms with Gasteiger partial charge in [0.1, 0.15) is 31.1 Å². The van der Waals surface area contributed by atoms with Crippen LogP contribution in [0.1, 0.15) is 24.3 Å². The first kappa shape index (κ1) is 21.3. The average Bonchev–Trinajstić information content (AvgIpc) is 3.30. The summed E-state index contributed by atoms with van der Waals surface area (Å²) in [5, 5.41) is 0. The lowest BCUT2D eigenvalue weighted by Crippen LogP contribution is -2.64. The molecule has 3 saturated heterocycles. The summed E-state index contributed by atoms with van der Waals surface area (Å²) in [6.45, 7) is 2.70. The second-order valence-electron chi connectivity index (χ2n) is 8.08. The zero-order valence-corrected chi connectivity index (χ0v) is 17.9. The Hall–Kier alpha value is -2.55. The largest absolute Gasteiger partial charge is 0.353 e. The molecule has 0 aliphatic carbocycles. The smallest absolute Gasteiger partial charge is 0.248 e. The van der Waals surface area contributed by atoms with E-state index in [0.717, 1.165) is 11.1 Å². The number of carbonyl (C=O) groups is 1. The van der Waals surface area contributed by atoms with Crippen molar-refractivity contribution in [3.05, 3.63) is 83.9 Å². The van der Waals surface area contributed by atoms with Gasteiger partial charge in [0.15, 0.2) is 12.6 Å². The molecule has 6 atom stereocenters. The third-order valence-corrected chi connectivity index (χ3v) is 5.99. The third-order valence-electron chi connectivity index (χ3n) is 5.99. The average molecular weight is 437 g/mol. The zero-order chi connectivity index (χ0) is 21.9. The lowest BCUT2D eigenvalue weighted by molar-refractivity contribution is -0.342. The van der Waals surface area contributed by atoms with Crippen LogP contribution in [0.4, 0.5) is 0 Å². The van der Waals surface area contributed by atoms with E-state index >= 15 is 0 Å². The van der Waals surface area contributed by atoms with Gasteiger partial charge in [-0.1, -0.05) is 66.7 Å². The molecule has 168 valence electrons. The van der Waals surface area contributed by atoms with E-state index in [9.17, 15) is 4.79 Å². The predicted octanol–water partition coefficient (Wildman–Crippen LogP) is 3.17. The van der Waals surface area contributed by atoms with Gasteiger partial charge in [-0.3, -0.25) is 4.79 Å². The molecule has 2 aromatic carbocycles. The van der Waals surface area contributed by atoms with Crippen molar-refractivity contribution in [2.24, 2.45) is 0 Å². The van der Waals surface area contributed by atoms with Crippen LogP contribution >= 0.6 is 0 Å². The highest BCUT2D eigenvalue weighted by Gasteiger charge is 2.56. The van der Waals surface area contributed by atoms with Crippen molar-refractivity contribution in [1.82, 2.24) is 4.90 Å². The molecule has 3 aliphatic rings. The first-order valence-electron chi connectivity index (χ1n) is 10.9. The van der Waals surface area contributed by atoms with E-state index in [0.29, 0.717) is 13.2 Å². The maximum absolute atomic E-state index is 12.7. The van der Waals surface area contributed by atoms with Gasteiger partial charge in [0, 0.05) is 5.56 Å². The van der Waals surface area contributed by atoms with Gasteiger partial charge in [0.25, 0.3) is 0 Å². The molecule has 2 aromatic rings. The van der Waals surface area contributed by atoms with Crippen LogP contribution < -0.4 is 0 Å². The van der Waals surface area contributed by atoms with Crippen molar-refractivity contribution in [3.63, 3.8) is 0 Å². The monoisotopic (exact) mass is 437 g/mol. The highest BCUT2D eigenvalue weighted by Crippen LogP contribution is 2.39. The van der Waals surface area contributed by atoms with Crippen molar-refractivity contribution < 1.29 is 28.5 Å². The van der Waals surface area contributed by atoms with Gasteiger partial charge in [0.2, 0.25) is 5.91 Å². The predicted molar refractivity (Wildman–Crippen MR) is 115 cm³/mol. The van der Waals surface area contributed by atoms with Gasteiger partial charge < -0.3 is 28.6 Å². The van der Waals surface area contributed by atoms with Crippen LogP contribution in [-0.4, -0.2) is 54.8 Å². The number of rotatable bonds is 5. The van der Waals surface area contributed by atoms with E-state index in [4.69, 9.17) is 23.7 Å². The zero-order valence-electron chi connectivity index (χ0n) is 17.9. The Labute approximate surface area is 187 Å². The number of fused-ring (bicyclic) bond motifs is 3. The van der Waals surface area contributed by atoms with E-state index in [1.807, 2.05) is 67.6 Å².